The van der Waals surface area contributed by atoms with Gasteiger partial charge in [-0.2, -0.15) is 0 Å². The highest BCUT2D eigenvalue weighted by Gasteiger charge is 2.23. The lowest BCUT2D eigenvalue weighted by molar-refractivity contribution is -0.384. The van der Waals surface area contributed by atoms with E-state index in [4.69, 9.17) is 0 Å². The number of anilines is 1. The average Bonchev–Trinajstić information content (AvgIpc) is 2.62. The maximum Gasteiger partial charge on any atom is 0.292 e. The molecule has 2 atom stereocenters. The lowest BCUT2D eigenvalue weighted by atomic mass is 10.0. The van der Waals surface area contributed by atoms with Gasteiger partial charge in [0.1, 0.15) is 5.69 Å². The van der Waals surface area contributed by atoms with Gasteiger partial charge in [-0.05, 0) is 43.7 Å². The highest BCUT2D eigenvalue weighted by molar-refractivity contribution is 5.64. The van der Waals surface area contributed by atoms with Crippen LogP contribution in [0.4, 0.5) is 11.4 Å². The minimum absolute atomic E-state index is 0.0953. The molecule has 0 bridgehead atoms. The smallest absolute Gasteiger partial charge is 0.292 e. The van der Waals surface area contributed by atoms with E-state index in [1.54, 1.807) is 19.1 Å². The summed E-state index contributed by atoms with van der Waals surface area (Å²) in [7, 11) is 0. The number of nitro groups is 1. The van der Waals surface area contributed by atoms with Gasteiger partial charge in [-0.15, -0.1) is 0 Å². The third-order valence-corrected chi connectivity index (χ3v) is 4.04. The zero-order chi connectivity index (χ0) is 14.7. The summed E-state index contributed by atoms with van der Waals surface area (Å²) in [5.41, 5.74) is 1.36. The largest absolute Gasteiger partial charge is 0.389 e. The van der Waals surface area contributed by atoms with Crippen molar-refractivity contribution < 1.29 is 10.0 Å². The van der Waals surface area contributed by atoms with E-state index in [-0.39, 0.29) is 10.6 Å². The van der Waals surface area contributed by atoms with E-state index in [9.17, 15) is 15.2 Å². The topological polar surface area (TPSA) is 66.6 Å². The van der Waals surface area contributed by atoms with Crippen LogP contribution in [0.1, 0.15) is 44.8 Å². The predicted molar refractivity (Wildman–Crippen MR) is 79.0 cm³/mol. The van der Waals surface area contributed by atoms with Crippen LogP contribution in [0.15, 0.2) is 18.2 Å². The molecule has 20 heavy (non-hydrogen) atoms. The Balaban J connectivity index is 2.32. The molecule has 0 aromatic heterocycles. The van der Waals surface area contributed by atoms with Gasteiger partial charge in [0.15, 0.2) is 0 Å². The fourth-order valence-corrected chi connectivity index (χ4v) is 2.72. The van der Waals surface area contributed by atoms with Crippen molar-refractivity contribution in [2.75, 3.05) is 18.0 Å². The highest BCUT2D eigenvalue weighted by Crippen LogP contribution is 2.33. The number of nitro benzene ring substituents is 1. The molecule has 1 aliphatic rings. The number of aliphatic hydroxyl groups excluding tert-OH is 1. The van der Waals surface area contributed by atoms with Crippen LogP contribution in [0.5, 0.6) is 0 Å². The monoisotopic (exact) mass is 278 g/mol. The molecule has 1 N–H and O–H groups in total. The Morgan fingerprint density at radius 3 is 2.80 bits per heavy atom. The lowest BCUT2D eigenvalue weighted by Crippen LogP contribution is -2.25. The minimum atomic E-state index is -0.688. The molecule has 0 amide bonds. The zero-order valence-electron chi connectivity index (χ0n) is 12.1. The molecule has 110 valence electrons. The number of aliphatic hydroxyl groups is 1. The first-order valence-electron chi connectivity index (χ1n) is 7.20. The first-order valence-corrected chi connectivity index (χ1v) is 7.20. The molecule has 5 nitrogen and oxygen atoms in total. The second-order valence-corrected chi connectivity index (χ2v) is 5.70. The Labute approximate surface area is 119 Å². The molecule has 0 saturated carbocycles. The zero-order valence-corrected chi connectivity index (χ0v) is 12.1. The molecule has 1 aromatic rings. The van der Waals surface area contributed by atoms with Crippen LogP contribution in [0, 0.1) is 16.0 Å². The minimum Gasteiger partial charge on any atom is -0.389 e. The van der Waals surface area contributed by atoms with E-state index in [1.807, 2.05) is 0 Å². The van der Waals surface area contributed by atoms with E-state index in [2.05, 4.69) is 11.8 Å². The van der Waals surface area contributed by atoms with Gasteiger partial charge in [-0.25, -0.2) is 0 Å². The molecule has 5 heteroatoms. The Morgan fingerprint density at radius 2 is 2.15 bits per heavy atom. The van der Waals surface area contributed by atoms with Crippen LogP contribution in [0.2, 0.25) is 0 Å². The van der Waals surface area contributed by atoms with Gasteiger partial charge >= 0.3 is 0 Å². The van der Waals surface area contributed by atoms with Crippen LogP contribution >= 0.6 is 0 Å². The van der Waals surface area contributed by atoms with Crippen LogP contribution in [-0.4, -0.2) is 23.1 Å². The van der Waals surface area contributed by atoms with Gasteiger partial charge < -0.3 is 10.0 Å². The third-order valence-electron chi connectivity index (χ3n) is 4.04. The molecule has 0 spiro atoms. The van der Waals surface area contributed by atoms with Crippen molar-refractivity contribution in [3.05, 3.63) is 33.9 Å². The molecule has 1 aliphatic heterocycles. The molecule has 1 saturated heterocycles. The van der Waals surface area contributed by atoms with Crippen LogP contribution < -0.4 is 4.90 Å². The second kappa shape index (κ2) is 6.22. The van der Waals surface area contributed by atoms with Crippen molar-refractivity contribution in [2.45, 2.75) is 39.2 Å². The van der Waals surface area contributed by atoms with Gasteiger partial charge in [-0.3, -0.25) is 10.1 Å². The summed E-state index contributed by atoms with van der Waals surface area (Å²) >= 11 is 0. The van der Waals surface area contributed by atoms with E-state index in [0.717, 1.165) is 25.9 Å². The van der Waals surface area contributed by atoms with E-state index >= 15 is 0 Å². The summed E-state index contributed by atoms with van der Waals surface area (Å²) in [5, 5.41) is 20.9. The summed E-state index contributed by atoms with van der Waals surface area (Å²) < 4.78 is 0. The fourth-order valence-electron chi connectivity index (χ4n) is 2.72. The summed E-state index contributed by atoms with van der Waals surface area (Å²) in [6.07, 6.45) is 2.62. The van der Waals surface area contributed by atoms with Gasteiger partial charge in [0.05, 0.1) is 11.0 Å². The van der Waals surface area contributed by atoms with E-state index in [0.29, 0.717) is 17.2 Å². The maximum atomic E-state index is 11.3. The van der Waals surface area contributed by atoms with Crippen molar-refractivity contribution in [2.24, 2.45) is 5.92 Å². The number of nitrogens with zero attached hydrogens (tertiary/aromatic N) is 2. The number of hydrogen-bond donors (Lipinski definition) is 1. The van der Waals surface area contributed by atoms with Gasteiger partial charge in [-0.1, -0.05) is 13.0 Å². The van der Waals surface area contributed by atoms with Crippen molar-refractivity contribution >= 4 is 11.4 Å². The number of rotatable bonds is 3. The highest BCUT2D eigenvalue weighted by atomic mass is 16.6. The Bertz CT molecular complexity index is 488. The maximum absolute atomic E-state index is 11.3. The van der Waals surface area contributed by atoms with Gasteiger partial charge in [0.25, 0.3) is 5.69 Å². The average molecular weight is 278 g/mol. The van der Waals surface area contributed by atoms with E-state index in [1.165, 1.54) is 12.5 Å². The third kappa shape index (κ3) is 3.28. The first kappa shape index (κ1) is 14.8. The standard InChI is InChI=1S/C15H22N2O3/c1-11-4-3-8-16(9-7-11)14-6-5-13(12(2)18)10-15(14)17(19)20/h5-6,10-12,18H,3-4,7-9H2,1-2H3. The second-order valence-electron chi connectivity index (χ2n) is 5.70. The van der Waals surface area contributed by atoms with Crippen molar-refractivity contribution in [3.63, 3.8) is 0 Å². The number of hydrogen-bond acceptors (Lipinski definition) is 4. The molecule has 1 fully saturated rings. The lowest BCUT2D eigenvalue weighted by Gasteiger charge is -2.23. The summed E-state index contributed by atoms with van der Waals surface area (Å²) in [5.74, 6) is 0.677. The van der Waals surface area contributed by atoms with Gasteiger partial charge in [0, 0.05) is 19.2 Å². The normalized spacial score (nSPS) is 21.4. The quantitative estimate of drug-likeness (QED) is 0.680. The van der Waals surface area contributed by atoms with Crippen LogP contribution in [0.25, 0.3) is 0 Å². The van der Waals surface area contributed by atoms with Crippen LogP contribution in [0.3, 0.4) is 0 Å². The predicted octanol–water partition coefficient (Wildman–Crippen LogP) is 3.27. The SMILES string of the molecule is CC1CCCN(c2ccc(C(C)O)cc2[N+](=O)[O-])CC1. The Morgan fingerprint density at radius 1 is 1.40 bits per heavy atom. The molecular weight excluding hydrogens is 256 g/mol. The van der Waals surface area contributed by atoms with E-state index < -0.39 is 6.10 Å². The summed E-state index contributed by atoms with van der Waals surface area (Å²) in [4.78, 5) is 13.0. The Hall–Kier alpha value is -1.62. The van der Waals surface area contributed by atoms with Gasteiger partial charge in [0.2, 0.25) is 0 Å². The molecule has 0 radical (unpaired) electrons. The summed E-state index contributed by atoms with van der Waals surface area (Å²) in [6, 6.07) is 5.05. The Kier molecular flexibility index (Phi) is 4.60. The molecular formula is C15H22N2O3. The molecule has 1 aromatic carbocycles. The van der Waals surface area contributed by atoms with Crippen molar-refractivity contribution in [1.82, 2.24) is 0 Å². The van der Waals surface area contributed by atoms with Crippen LogP contribution in [-0.2, 0) is 0 Å². The van der Waals surface area contributed by atoms with Crippen molar-refractivity contribution in [3.8, 4) is 0 Å². The first-order chi connectivity index (χ1) is 9.49. The number of benzene rings is 1. The molecule has 1 heterocycles. The van der Waals surface area contributed by atoms with Crippen molar-refractivity contribution in [1.29, 1.82) is 0 Å². The fraction of sp³-hybridized carbons (Fsp3) is 0.600. The molecule has 2 rings (SSSR count). The summed E-state index contributed by atoms with van der Waals surface area (Å²) in [6.45, 7) is 5.57. The molecule has 0 aliphatic carbocycles. The molecule has 2 unspecified atom stereocenters.